The molecular formula is C14H12N4O2S. The highest BCUT2D eigenvalue weighted by molar-refractivity contribution is 7.13. The highest BCUT2D eigenvalue weighted by Crippen LogP contribution is 2.20. The molecule has 0 aliphatic heterocycles. The van der Waals surface area contributed by atoms with Crippen molar-refractivity contribution in [2.45, 2.75) is 6.54 Å². The van der Waals surface area contributed by atoms with Gasteiger partial charge in [0, 0.05) is 5.56 Å². The molecule has 7 heteroatoms. The Morgan fingerprint density at radius 1 is 1.29 bits per heavy atom. The second-order valence-corrected chi connectivity index (χ2v) is 5.33. The lowest BCUT2D eigenvalue weighted by Crippen LogP contribution is -2.18. The number of thiophene rings is 1. The summed E-state index contributed by atoms with van der Waals surface area (Å²) in [6.45, 7) is 0.569. The van der Waals surface area contributed by atoms with E-state index >= 15 is 0 Å². The van der Waals surface area contributed by atoms with Gasteiger partial charge in [0.15, 0.2) is 5.82 Å². The van der Waals surface area contributed by atoms with Gasteiger partial charge in [0.1, 0.15) is 6.33 Å². The van der Waals surface area contributed by atoms with E-state index in [9.17, 15) is 4.79 Å². The summed E-state index contributed by atoms with van der Waals surface area (Å²) in [7, 11) is 0. The van der Waals surface area contributed by atoms with Crippen molar-refractivity contribution in [3.8, 4) is 10.7 Å². The second kappa shape index (κ2) is 5.86. The number of benzene rings is 1. The number of hydrogen-bond donors (Lipinski definition) is 2. The van der Waals surface area contributed by atoms with Crippen LogP contribution >= 0.6 is 11.3 Å². The van der Waals surface area contributed by atoms with Crippen LogP contribution in [0.25, 0.3) is 10.7 Å². The molecule has 0 bridgehead atoms. The molecule has 0 atom stereocenters. The van der Waals surface area contributed by atoms with E-state index in [0.717, 1.165) is 10.4 Å². The molecule has 0 unspecified atom stereocenters. The number of nitrogens with one attached hydrogen (secondary N) is 1. The number of aromatic nitrogens is 3. The predicted octanol–water partition coefficient (Wildman–Crippen LogP) is 2.17. The summed E-state index contributed by atoms with van der Waals surface area (Å²) >= 11 is 1.60. The lowest BCUT2D eigenvalue weighted by Gasteiger charge is -2.03. The number of amides is 1. The Morgan fingerprint density at radius 2 is 2.10 bits per heavy atom. The summed E-state index contributed by atoms with van der Waals surface area (Å²) in [5.74, 6) is 0.184. The van der Waals surface area contributed by atoms with Crippen LogP contribution in [0.4, 0.5) is 0 Å². The fraction of sp³-hybridized carbons (Fsp3) is 0.0714. The highest BCUT2D eigenvalue weighted by Gasteiger charge is 2.06. The Bertz CT molecular complexity index is 735. The van der Waals surface area contributed by atoms with Gasteiger partial charge < -0.3 is 0 Å². The molecule has 21 heavy (non-hydrogen) atoms. The van der Waals surface area contributed by atoms with Crippen LogP contribution in [0.2, 0.25) is 0 Å². The zero-order chi connectivity index (χ0) is 14.7. The maximum atomic E-state index is 11.2. The first-order chi connectivity index (χ1) is 10.3. The SMILES string of the molecule is O=C(NO)c1ccc(Cn2cnc(-c3cccs3)n2)cc1. The zero-order valence-electron chi connectivity index (χ0n) is 10.9. The zero-order valence-corrected chi connectivity index (χ0v) is 11.7. The molecule has 1 amide bonds. The van der Waals surface area contributed by atoms with Crippen molar-refractivity contribution in [1.82, 2.24) is 20.2 Å². The molecule has 2 N–H and O–H groups in total. The van der Waals surface area contributed by atoms with Crippen LogP contribution in [-0.4, -0.2) is 25.9 Å². The molecule has 2 aromatic heterocycles. The first kappa shape index (κ1) is 13.5. The molecule has 0 aliphatic carbocycles. The van der Waals surface area contributed by atoms with Gasteiger partial charge in [-0.3, -0.25) is 10.0 Å². The van der Waals surface area contributed by atoms with Crippen molar-refractivity contribution < 1.29 is 10.0 Å². The average Bonchev–Trinajstić information content (AvgIpc) is 3.18. The van der Waals surface area contributed by atoms with Crippen molar-refractivity contribution in [2.75, 3.05) is 0 Å². The van der Waals surface area contributed by atoms with Gasteiger partial charge in [-0.2, -0.15) is 0 Å². The Balaban J connectivity index is 1.73. The largest absolute Gasteiger partial charge is 0.288 e. The van der Waals surface area contributed by atoms with Gasteiger partial charge in [0.2, 0.25) is 0 Å². The van der Waals surface area contributed by atoms with Gasteiger partial charge in [0.25, 0.3) is 5.91 Å². The quantitative estimate of drug-likeness (QED) is 0.571. The molecule has 3 rings (SSSR count). The summed E-state index contributed by atoms with van der Waals surface area (Å²) in [4.78, 5) is 16.5. The lowest BCUT2D eigenvalue weighted by atomic mass is 10.1. The maximum absolute atomic E-state index is 11.2. The third-order valence-electron chi connectivity index (χ3n) is 2.94. The first-order valence-electron chi connectivity index (χ1n) is 6.23. The number of hydrogen-bond acceptors (Lipinski definition) is 5. The Kier molecular flexibility index (Phi) is 3.76. The van der Waals surface area contributed by atoms with Crippen molar-refractivity contribution in [1.29, 1.82) is 0 Å². The summed E-state index contributed by atoms with van der Waals surface area (Å²) in [5, 5.41) is 15.0. The van der Waals surface area contributed by atoms with E-state index in [1.165, 1.54) is 0 Å². The summed E-state index contributed by atoms with van der Waals surface area (Å²) < 4.78 is 1.75. The molecule has 106 valence electrons. The minimum atomic E-state index is -0.526. The summed E-state index contributed by atoms with van der Waals surface area (Å²) in [6, 6.07) is 10.9. The van der Waals surface area contributed by atoms with Crippen LogP contribution in [0.15, 0.2) is 48.1 Å². The number of rotatable bonds is 4. The van der Waals surface area contributed by atoms with E-state index in [2.05, 4.69) is 10.1 Å². The van der Waals surface area contributed by atoms with Gasteiger partial charge in [-0.05, 0) is 29.1 Å². The fourth-order valence-corrected chi connectivity index (χ4v) is 2.56. The monoisotopic (exact) mass is 300 g/mol. The average molecular weight is 300 g/mol. The Morgan fingerprint density at radius 3 is 2.76 bits per heavy atom. The third-order valence-corrected chi connectivity index (χ3v) is 3.81. The van der Waals surface area contributed by atoms with Crippen LogP contribution in [0, 0.1) is 0 Å². The topological polar surface area (TPSA) is 80.0 Å². The minimum absolute atomic E-state index is 0.402. The maximum Gasteiger partial charge on any atom is 0.274 e. The van der Waals surface area contributed by atoms with E-state index in [-0.39, 0.29) is 0 Å². The molecule has 0 aliphatic rings. The highest BCUT2D eigenvalue weighted by atomic mass is 32.1. The normalized spacial score (nSPS) is 10.5. The molecule has 0 saturated heterocycles. The minimum Gasteiger partial charge on any atom is -0.288 e. The van der Waals surface area contributed by atoms with E-state index < -0.39 is 5.91 Å². The molecule has 2 heterocycles. The number of carbonyl (C=O) groups excluding carboxylic acids is 1. The molecular weight excluding hydrogens is 288 g/mol. The van der Waals surface area contributed by atoms with Gasteiger partial charge in [0.05, 0.1) is 11.4 Å². The number of carbonyl (C=O) groups is 1. The summed E-state index contributed by atoms with van der Waals surface area (Å²) in [5.41, 5.74) is 3.00. The molecule has 0 spiro atoms. The van der Waals surface area contributed by atoms with Crippen LogP contribution < -0.4 is 5.48 Å². The van der Waals surface area contributed by atoms with E-state index in [1.807, 2.05) is 29.6 Å². The van der Waals surface area contributed by atoms with Crippen LogP contribution in [0.1, 0.15) is 15.9 Å². The molecule has 0 saturated carbocycles. The van der Waals surface area contributed by atoms with Crippen molar-refractivity contribution in [3.05, 3.63) is 59.2 Å². The third kappa shape index (κ3) is 2.99. The molecule has 1 aromatic carbocycles. The van der Waals surface area contributed by atoms with Crippen molar-refractivity contribution in [2.24, 2.45) is 0 Å². The Hall–Kier alpha value is -2.51. The predicted molar refractivity (Wildman–Crippen MR) is 78.1 cm³/mol. The van der Waals surface area contributed by atoms with Crippen LogP contribution in [-0.2, 0) is 6.54 Å². The fourth-order valence-electron chi connectivity index (χ4n) is 1.90. The first-order valence-corrected chi connectivity index (χ1v) is 7.11. The molecule has 6 nitrogen and oxygen atoms in total. The smallest absolute Gasteiger partial charge is 0.274 e. The van der Waals surface area contributed by atoms with E-state index in [0.29, 0.717) is 17.9 Å². The number of hydroxylamine groups is 1. The van der Waals surface area contributed by atoms with Gasteiger partial charge in [-0.15, -0.1) is 16.4 Å². The van der Waals surface area contributed by atoms with Crippen LogP contribution in [0.3, 0.4) is 0 Å². The molecule has 0 fully saturated rings. The summed E-state index contributed by atoms with van der Waals surface area (Å²) in [6.07, 6.45) is 1.68. The lowest BCUT2D eigenvalue weighted by molar-refractivity contribution is 0.0706. The Labute approximate surface area is 124 Å². The standard InChI is InChI=1S/C14H12N4O2S/c19-14(17-20)11-5-3-10(4-6-11)8-18-9-15-13(16-18)12-2-1-7-21-12/h1-7,9,20H,8H2,(H,17,19). The second-order valence-electron chi connectivity index (χ2n) is 4.38. The van der Waals surface area contributed by atoms with Crippen molar-refractivity contribution >= 4 is 17.2 Å². The van der Waals surface area contributed by atoms with Gasteiger partial charge in [-0.25, -0.2) is 15.1 Å². The van der Waals surface area contributed by atoms with Crippen LogP contribution in [0.5, 0.6) is 0 Å². The number of nitrogens with zero attached hydrogens (tertiary/aromatic N) is 3. The van der Waals surface area contributed by atoms with Gasteiger partial charge in [-0.1, -0.05) is 18.2 Å². The molecule has 3 aromatic rings. The molecule has 0 radical (unpaired) electrons. The van der Waals surface area contributed by atoms with E-state index in [4.69, 9.17) is 5.21 Å². The van der Waals surface area contributed by atoms with E-state index in [1.54, 1.807) is 40.0 Å². The van der Waals surface area contributed by atoms with Gasteiger partial charge >= 0.3 is 0 Å². The van der Waals surface area contributed by atoms with Crippen molar-refractivity contribution in [3.63, 3.8) is 0 Å².